The summed E-state index contributed by atoms with van der Waals surface area (Å²) >= 11 is 10.9. The van der Waals surface area contributed by atoms with E-state index in [1.807, 2.05) is 19.2 Å². The molecule has 7 heteroatoms. The van der Waals surface area contributed by atoms with Crippen molar-refractivity contribution in [2.45, 2.75) is 6.92 Å². The predicted molar refractivity (Wildman–Crippen MR) is 72.0 cm³/mol. The van der Waals surface area contributed by atoms with Gasteiger partial charge in [-0.2, -0.15) is 10.1 Å². The smallest absolute Gasteiger partial charge is 0.221 e. The molecule has 86 valence electrons. The highest BCUT2D eigenvalue weighted by Crippen LogP contribution is 2.28. The molecule has 0 aromatic carbocycles. The van der Waals surface area contributed by atoms with Crippen molar-refractivity contribution in [3.05, 3.63) is 33.1 Å². The first-order chi connectivity index (χ1) is 8.13. The van der Waals surface area contributed by atoms with Crippen molar-refractivity contribution in [2.75, 3.05) is 0 Å². The summed E-state index contributed by atoms with van der Waals surface area (Å²) in [6.07, 6.45) is 3.55. The molecule has 3 rings (SSSR count). The van der Waals surface area contributed by atoms with Crippen LogP contribution in [0, 0.1) is 6.92 Å². The minimum absolute atomic E-state index is 0.237. The molecule has 0 atom stereocenters. The second kappa shape index (κ2) is 4.04. The molecule has 0 amide bonds. The molecule has 0 unspecified atom stereocenters. The zero-order chi connectivity index (χ0) is 12.0. The quantitative estimate of drug-likeness (QED) is 0.641. The summed E-state index contributed by atoms with van der Waals surface area (Å²) in [6.45, 7) is 2.03. The van der Waals surface area contributed by atoms with Crippen LogP contribution in [0.2, 0.25) is 5.28 Å². The van der Waals surface area contributed by atoms with Gasteiger partial charge >= 0.3 is 0 Å². The van der Waals surface area contributed by atoms with Crippen LogP contribution >= 0.6 is 38.9 Å². The lowest BCUT2D eigenvalue weighted by Crippen LogP contribution is -1.99. The molecule has 0 fully saturated rings. The Hall–Kier alpha value is -0.980. The van der Waals surface area contributed by atoms with Crippen LogP contribution in [-0.4, -0.2) is 19.7 Å². The summed E-state index contributed by atoms with van der Waals surface area (Å²) in [5.41, 5.74) is 0. The van der Waals surface area contributed by atoms with Gasteiger partial charge in [0.15, 0.2) is 5.82 Å². The van der Waals surface area contributed by atoms with E-state index in [1.54, 1.807) is 22.2 Å². The van der Waals surface area contributed by atoms with E-state index in [2.05, 4.69) is 31.0 Å². The standard InChI is InChI=1S/C10H6BrClN4S/c1-5-2-7-8(16-4-6(11)3-13-16)14-10(12)15-9(7)17-5/h2-4H,1H3. The SMILES string of the molecule is Cc1cc2c(-n3cc(Br)cn3)nc(Cl)nc2s1. The number of aromatic nitrogens is 4. The van der Waals surface area contributed by atoms with E-state index in [-0.39, 0.29) is 5.28 Å². The van der Waals surface area contributed by atoms with E-state index >= 15 is 0 Å². The lowest BCUT2D eigenvalue weighted by atomic mass is 10.3. The van der Waals surface area contributed by atoms with Gasteiger partial charge in [0.25, 0.3) is 0 Å². The molecule has 0 radical (unpaired) electrons. The van der Waals surface area contributed by atoms with Gasteiger partial charge in [0.2, 0.25) is 5.28 Å². The number of nitrogens with zero attached hydrogens (tertiary/aromatic N) is 4. The van der Waals surface area contributed by atoms with Crippen molar-refractivity contribution in [3.8, 4) is 5.82 Å². The van der Waals surface area contributed by atoms with E-state index in [4.69, 9.17) is 11.6 Å². The number of rotatable bonds is 1. The molecule has 3 aromatic rings. The third-order valence-corrected chi connectivity index (χ3v) is 3.76. The summed E-state index contributed by atoms with van der Waals surface area (Å²) < 4.78 is 2.58. The average Bonchev–Trinajstić information content (AvgIpc) is 2.82. The van der Waals surface area contributed by atoms with E-state index < -0.39 is 0 Å². The molecule has 0 N–H and O–H groups in total. The molecular formula is C10H6BrClN4S. The Morgan fingerprint density at radius 3 is 2.94 bits per heavy atom. The van der Waals surface area contributed by atoms with Gasteiger partial charge in [-0.3, -0.25) is 0 Å². The molecule has 0 bridgehead atoms. The van der Waals surface area contributed by atoms with Crippen molar-refractivity contribution in [1.29, 1.82) is 0 Å². The van der Waals surface area contributed by atoms with Gasteiger partial charge in [-0.15, -0.1) is 11.3 Å². The molecule has 3 heterocycles. The molecule has 4 nitrogen and oxygen atoms in total. The first-order valence-corrected chi connectivity index (χ1v) is 6.76. The van der Waals surface area contributed by atoms with E-state index in [0.29, 0.717) is 5.82 Å². The topological polar surface area (TPSA) is 43.6 Å². The Balaban J connectivity index is 2.34. The van der Waals surface area contributed by atoms with Gasteiger partial charge in [0.1, 0.15) is 4.83 Å². The van der Waals surface area contributed by atoms with Gasteiger partial charge in [-0.05, 0) is 40.5 Å². The summed E-state index contributed by atoms with van der Waals surface area (Å²) in [5.74, 6) is 0.704. The number of fused-ring (bicyclic) bond motifs is 1. The molecule has 17 heavy (non-hydrogen) atoms. The molecular weight excluding hydrogens is 324 g/mol. The van der Waals surface area contributed by atoms with Crippen molar-refractivity contribution >= 4 is 49.1 Å². The number of hydrogen-bond acceptors (Lipinski definition) is 4. The molecule has 3 aromatic heterocycles. The van der Waals surface area contributed by atoms with Gasteiger partial charge in [0, 0.05) is 11.1 Å². The zero-order valence-electron chi connectivity index (χ0n) is 8.69. The van der Waals surface area contributed by atoms with Crippen LogP contribution in [0.25, 0.3) is 16.0 Å². The van der Waals surface area contributed by atoms with Crippen molar-refractivity contribution in [1.82, 2.24) is 19.7 Å². The predicted octanol–water partition coefficient (Wildman–Crippen LogP) is 3.60. The van der Waals surface area contributed by atoms with Crippen molar-refractivity contribution in [3.63, 3.8) is 0 Å². The largest absolute Gasteiger partial charge is 0.225 e. The molecule has 0 aliphatic rings. The number of thiophene rings is 1. The summed E-state index contributed by atoms with van der Waals surface area (Å²) in [4.78, 5) is 10.5. The van der Waals surface area contributed by atoms with Crippen LogP contribution in [0.5, 0.6) is 0 Å². The molecule has 0 aliphatic carbocycles. The highest BCUT2D eigenvalue weighted by atomic mass is 79.9. The van der Waals surface area contributed by atoms with E-state index in [0.717, 1.165) is 14.7 Å². The van der Waals surface area contributed by atoms with Crippen LogP contribution in [0.15, 0.2) is 22.9 Å². The number of halogens is 2. The molecule has 0 aliphatic heterocycles. The highest BCUT2D eigenvalue weighted by molar-refractivity contribution is 9.10. The normalized spacial score (nSPS) is 11.2. The Bertz CT molecular complexity index is 705. The summed E-state index contributed by atoms with van der Waals surface area (Å²) in [6, 6.07) is 2.04. The fourth-order valence-electron chi connectivity index (χ4n) is 1.59. The summed E-state index contributed by atoms with van der Waals surface area (Å²) in [5, 5.41) is 5.41. The van der Waals surface area contributed by atoms with E-state index in [1.165, 1.54) is 4.88 Å². The molecule has 0 saturated carbocycles. The average molecular weight is 330 g/mol. The Morgan fingerprint density at radius 2 is 2.24 bits per heavy atom. The molecule has 0 spiro atoms. The number of hydrogen-bond donors (Lipinski definition) is 0. The highest BCUT2D eigenvalue weighted by Gasteiger charge is 2.12. The first kappa shape index (κ1) is 11.1. The van der Waals surface area contributed by atoms with E-state index in [9.17, 15) is 0 Å². The fraction of sp³-hybridized carbons (Fsp3) is 0.100. The first-order valence-electron chi connectivity index (χ1n) is 4.78. The van der Waals surface area contributed by atoms with Crippen LogP contribution in [0.3, 0.4) is 0 Å². The Morgan fingerprint density at radius 1 is 1.41 bits per heavy atom. The molecule has 0 saturated heterocycles. The Labute approximate surface area is 114 Å². The lowest BCUT2D eigenvalue weighted by Gasteiger charge is -2.01. The number of aryl methyl sites for hydroxylation is 1. The van der Waals surface area contributed by atoms with Crippen LogP contribution in [0.1, 0.15) is 4.88 Å². The maximum Gasteiger partial charge on any atom is 0.225 e. The fourth-order valence-corrected chi connectivity index (χ4v) is 2.97. The second-order valence-corrected chi connectivity index (χ2v) is 5.98. The minimum atomic E-state index is 0.237. The zero-order valence-corrected chi connectivity index (χ0v) is 11.8. The van der Waals surface area contributed by atoms with Gasteiger partial charge in [-0.25, -0.2) is 9.67 Å². The Kier molecular flexibility index (Phi) is 2.65. The monoisotopic (exact) mass is 328 g/mol. The van der Waals surface area contributed by atoms with Crippen LogP contribution < -0.4 is 0 Å². The maximum atomic E-state index is 5.92. The van der Waals surface area contributed by atoms with Crippen molar-refractivity contribution < 1.29 is 0 Å². The third-order valence-electron chi connectivity index (χ3n) is 2.24. The van der Waals surface area contributed by atoms with Crippen LogP contribution in [-0.2, 0) is 0 Å². The minimum Gasteiger partial charge on any atom is -0.221 e. The van der Waals surface area contributed by atoms with Gasteiger partial charge < -0.3 is 0 Å². The van der Waals surface area contributed by atoms with Gasteiger partial charge in [0.05, 0.1) is 16.1 Å². The second-order valence-electron chi connectivity index (χ2n) is 3.50. The van der Waals surface area contributed by atoms with Gasteiger partial charge in [-0.1, -0.05) is 0 Å². The summed E-state index contributed by atoms with van der Waals surface area (Å²) in [7, 11) is 0. The van der Waals surface area contributed by atoms with Crippen molar-refractivity contribution in [2.24, 2.45) is 0 Å². The maximum absolute atomic E-state index is 5.92. The van der Waals surface area contributed by atoms with Crippen LogP contribution in [0.4, 0.5) is 0 Å². The lowest BCUT2D eigenvalue weighted by molar-refractivity contribution is 0.851. The third kappa shape index (κ3) is 1.96.